The third kappa shape index (κ3) is 6.19. The molecule has 0 aliphatic heterocycles. The lowest BCUT2D eigenvalue weighted by Crippen LogP contribution is -2.27. The lowest BCUT2D eigenvalue weighted by molar-refractivity contribution is -0.119. The van der Waals surface area contributed by atoms with Crippen molar-refractivity contribution in [2.45, 2.75) is 13.3 Å². The molecule has 92 valence electrons. The molecule has 2 N–H and O–H groups in total. The summed E-state index contributed by atoms with van der Waals surface area (Å²) in [5.74, 6) is 0.400. The van der Waals surface area contributed by atoms with Crippen molar-refractivity contribution in [2.75, 3.05) is 13.1 Å². The van der Waals surface area contributed by atoms with Crippen molar-refractivity contribution in [1.29, 1.82) is 0 Å². The number of carbonyl (C=O) groups excluding carboxylic acids is 2. The van der Waals surface area contributed by atoms with Gasteiger partial charge in [-0.1, -0.05) is 0 Å². The highest BCUT2D eigenvalue weighted by atomic mass is 16.3. The normalized spacial score (nSPS) is 10.4. The van der Waals surface area contributed by atoms with E-state index in [2.05, 4.69) is 10.6 Å². The Kier molecular flexibility index (Phi) is 5.57. The third-order valence-corrected chi connectivity index (χ3v) is 1.97. The van der Waals surface area contributed by atoms with Gasteiger partial charge in [0, 0.05) is 26.1 Å². The Balaban J connectivity index is 2.11. The van der Waals surface area contributed by atoms with Crippen molar-refractivity contribution in [3.05, 3.63) is 30.2 Å². The Morgan fingerprint density at radius 1 is 1.35 bits per heavy atom. The third-order valence-electron chi connectivity index (χ3n) is 1.97. The van der Waals surface area contributed by atoms with Crippen LogP contribution in [-0.4, -0.2) is 24.9 Å². The first-order valence-corrected chi connectivity index (χ1v) is 5.42. The summed E-state index contributed by atoms with van der Waals surface area (Å²) in [7, 11) is 0. The summed E-state index contributed by atoms with van der Waals surface area (Å²) in [4.78, 5) is 21.9. The van der Waals surface area contributed by atoms with E-state index in [0.29, 0.717) is 25.3 Å². The Labute approximate surface area is 99.9 Å². The Bertz CT molecular complexity index is 382. The van der Waals surface area contributed by atoms with Crippen LogP contribution in [-0.2, 0) is 9.59 Å². The zero-order chi connectivity index (χ0) is 12.5. The van der Waals surface area contributed by atoms with E-state index in [1.807, 2.05) is 0 Å². The van der Waals surface area contributed by atoms with Crippen LogP contribution >= 0.6 is 0 Å². The molecule has 5 heteroatoms. The van der Waals surface area contributed by atoms with Crippen molar-refractivity contribution in [2.24, 2.45) is 0 Å². The second kappa shape index (κ2) is 7.27. The van der Waals surface area contributed by atoms with Gasteiger partial charge in [0.15, 0.2) is 0 Å². The summed E-state index contributed by atoms with van der Waals surface area (Å²) in [6.07, 6.45) is 5.27. The van der Waals surface area contributed by atoms with Gasteiger partial charge in [0.1, 0.15) is 5.76 Å². The van der Waals surface area contributed by atoms with E-state index in [-0.39, 0.29) is 11.8 Å². The molecule has 0 saturated heterocycles. The molecule has 0 aliphatic rings. The number of nitrogens with one attached hydrogen (secondary N) is 2. The maximum Gasteiger partial charge on any atom is 0.244 e. The molecular formula is C12H16N2O3. The van der Waals surface area contributed by atoms with Crippen molar-refractivity contribution >= 4 is 17.9 Å². The van der Waals surface area contributed by atoms with Gasteiger partial charge in [-0.3, -0.25) is 9.59 Å². The van der Waals surface area contributed by atoms with Crippen molar-refractivity contribution in [3.63, 3.8) is 0 Å². The first-order valence-electron chi connectivity index (χ1n) is 5.42. The predicted octanol–water partition coefficient (Wildman–Crippen LogP) is 0.935. The SMILES string of the molecule is CC(=O)NCCCNC(=O)C=Cc1ccco1. The zero-order valence-electron chi connectivity index (χ0n) is 9.73. The van der Waals surface area contributed by atoms with Crippen LogP contribution in [0.4, 0.5) is 0 Å². The first kappa shape index (κ1) is 13.0. The van der Waals surface area contributed by atoms with Gasteiger partial charge < -0.3 is 15.1 Å². The predicted molar refractivity (Wildman–Crippen MR) is 64.1 cm³/mol. The van der Waals surface area contributed by atoms with Gasteiger partial charge in [-0.2, -0.15) is 0 Å². The fourth-order valence-electron chi connectivity index (χ4n) is 1.17. The molecule has 1 aromatic rings. The molecule has 0 unspecified atom stereocenters. The van der Waals surface area contributed by atoms with Gasteiger partial charge in [0.2, 0.25) is 11.8 Å². The van der Waals surface area contributed by atoms with Crippen LogP contribution in [0.5, 0.6) is 0 Å². The first-order chi connectivity index (χ1) is 8.18. The number of carbonyl (C=O) groups is 2. The van der Waals surface area contributed by atoms with E-state index in [1.165, 1.54) is 13.0 Å². The summed E-state index contributed by atoms with van der Waals surface area (Å²) in [6, 6.07) is 3.52. The van der Waals surface area contributed by atoms with Crippen LogP contribution in [0.15, 0.2) is 28.9 Å². The van der Waals surface area contributed by atoms with Crippen LogP contribution < -0.4 is 10.6 Å². The molecule has 5 nitrogen and oxygen atoms in total. The van der Waals surface area contributed by atoms with Crippen molar-refractivity contribution in [3.8, 4) is 0 Å². The van der Waals surface area contributed by atoms with E-state index in [1.54, 1.807) is 24.5 Å². The minimum absolute atomic E-state index is 0.0611. The molecule has 0 radical (unpaired) electrons. The fraction of sp³-hybridized carbons (Fsp3) is 0.333. The molecule has 0 atom stereocenters. The highest BCUT2D eigenvalue weighted by Crippen LogP contribution is 2.01. The maximum absolute atomic E-state index is 11.3. The summed E-state index contributed by atoms with van der Waals surface area (Å²) >= 11 is 0. The summed E-state index contributed by atoms with van der Waals surface area (Å²) in [5.41, 5.74) is 0. The number of hydrogen-bond acceptors (Lipinski definition) is 3. The van der Waals surface area contributed by atoms with E-state index in [9.17, 15) is 9.59 Å². The Morgan fingerprint density at radius 2 is 2.12 bits per heavy atom. The van der Waals surface area contributed by atoms with Gasteiger partial charge in [0.05, 0.1) is 6.26 Å². The fourth-order valence-corrected chi connectivity index (χ4v) is 1.17. The number of hydrogen-bond donors (Lipinski definition) is 2. The second-order valence-electron chi connectivity index (χ2n) is 3.48. The van der Waals surface area contributed by atoms with E-state index in [0.717, 1.165) is 0 Å². The largest absolute Gasteiger partial charge is 0.465 e. The van der Waals surface area contributed by atoms with Gasteiger partial charge in [-0.15, -0.1) is 0 Å². The lowest BCUT2D eigenvalue weighted by atomic mass is 10.3. The van der Waals surface area contributed by atoms with Crippen molar-refractivity contribution < 1.29 is 14.0 Å². The summed E-state index contributed by atoms with van der Waals surface area (Å²) < 4.78 is 5.04. The average molecular weight is 236 g/mol. The number of amides is 2. The van der Waals surface area contributed by atoms with Crippen LogP contribution in [0, 0.1) is 0 Å². The molecule has 0 fully saturated rings. The maximum atomic E-state index is 11.3. The lowest BCUT2D eigenvalue weighted by Gasteiger charge is -2.02. The second-order valence-corrected chi connectivity index (χ2v) is 3.48. The molecule has 1 heterocycles. The topological polar surface area (TPSA) is 71.3 Å². The van der Waals surface area contributed by atoms with Gasteiger partial charge in [0.25, 0.3) is 0 Å². The number of furan rings is 1. The molecule has 0 aliphatic carbocycles. The smallest absolute Gasteiger partial charge is 0.244 e. The van der Waals surface area contributed by atoms with Crippen LogP contribution in [0.2, 0.25) is 0 Å². The zero-order valence-corrected chi connectivity index (χ0v) is 9.73. The standard InChI is InChI=1S/C12H16N2O3/c1-10(15)13-7-3-8-14-12(16)6-5-11-4-2-9-17-11/h2,4-6,9H,3,7-8H2,1H3,(H,13,15)(H,14,16). The molecule has 1 aromatic heterocycles. The van der Waals surface area contributed by atoms with E-state index >= 15 is 0 Å². The molecular weight excluding hydrogens is 220 g/mol. The summed E-state index contributed by atoms with van der Waals surface area (Å²) in [5, 5.41) is 5.35. The summed E-state index contributed by atoms with van der Waals surface area (Å²) in [6.45, 7) is 2.56. The minimum Gasteiger partial charge on any atom is -0.465 e. The molecule has 0 spiro atoms. The molecule has 17 heavy (non-hydrogen) atoms. The van der Waals surface area contributed by atoms with Gasteiger partial charge >= 0.3 is 0 Å². The molecule has 0 bridgehead atoms. The molecule has 1 rings (SSSR count). The molecule has 2 amide bonds. The minimum atomic E-state index is -0.177. The number of rotatable bonds is 6. The highest BCUT2D eigenvalue weighted by molar-refractivity contribution is 5.91. The van der Waals surface area contributed by atoms with Crippen LogP contribution in [0.3, 0.4) is 0 Å². The molecule has 0 aromatic carbocycles. The highest BCUT2D eigenvalue weighted by Gasteiger charge is 1.96. The van der Waals surface area contributed by atoms with Gasteiger partial charge in [-0.25, -0.2) is 0 Å². The monoisotopic (exact) mass is 236 g/mol. The Hall–Kier alpha value is -2.04. The van der Waals surface area contributed by atoms with E-state index in [4.69, 9.17) is 4.42 Å². The van der Waals surface area contributed by atoms with Crippen molar-refractivity contribution in [1.82, 2.24) is 10.6 Å². The van der Waals surface area contributed by atoms with Gasteiger partial charge in [-0.05, 0) is 24.6 Å². The van der Waals surface area contributed by atoms with E-state index < -0.39 is 0 Å². The quantitative estimate of drug-likeness (QED) is 0.570. The Morgan fingerprint density at radius 3 is 2.76 bits per heavy atom. The molecule has 0 saturated carbocycles. The average Bonchev–Trinajstić information content (AvgIpc) is 2.78. The van der Waals surface area contributed by atoms with Crippen LogP contribution in [0.25, 0.3) is 6.08 Å². The van der Waals surface area contributed by atoms with Crippen LogP contribution in [0.1, 0.15) is 19.1 Å².